The third kappa shape index (κ3) is 4.45. The first-order chi connectivity index (χ1) is 14.0. The summed E-state index contributed by atoms with van der Waals surface area (Å²) in [4.78, 5) is 30.1. The van der Waals surface area contributed by atoms with E-state index < -0.39 is 6.04 Å². The second kappa shape index (κ2) is 9.56. The molecule has 166 valence electrons. The van der Waals surface area contributed by atoms with Crippen molar-refractivity contribution in [3.05, 3.63) is 29.8 Å². The molecule has 3 aliphatic rings. The molecule has 3 saturated heterocycles. The maximum absolute atomic E-state index is 13.2. The number of hydrogen-bond donors (Lipinski definition) is 2. The van der Waals surface area contributed by atoms with Crippen LogP contribution in [0.2, 0.25) is 0 Å². The van der Waals surface area contributed by atoms with Gasteiger partial charge in [-0.3, -0.25) is 9.59 Å². The molecule has 1 aromatic carbocycles. The molecule has 6 nitrogen and oxygen atoms in total. The lowest BCUT2D eigenvalue weighted by atomic mass is 9.71. The lowest BCUT2D eigenvalue weighted by Crippen LogP contribution is -2.66. The summed E-state index contributed by atoms with van der Waals surface area (Å²) < 4.78 is 0. The fourth-order valence-corrected chi connectivity index (χ4v) is 5.83. The molecule has 3 fully saturated rings. The lowest BCUT2D eigenvalue weighted by molar-refractivity contribution is -0.157. The van der Waals surface area contributed by atoms with Gasteiger partial charge in [-0.2, -0.15) is 0 Å². The molecule has 0 aromatic heterocycles. The van der Waals surface area contributed by atoms with Crippen molar-refractivity contribution in [1.29, 1.82) is 0 Å². The van der Waals surface area contributed by atoms with Crippen LogP contribution in [0.1, 0.15) is 51.0 Å². The van der Waals surface area contributed by atoms with Crippen molar-refractivity contribution in [2.45, 2.75) is 70.0 Å². The van der Waals surface area contributed by atoms with Crippen molar-refractivity contribution in [1.82, 2.24) is 9.80 Å². The molecule has 7 heteroatoms. The number of nitrogens with two attached hydrogens (primary N) is 1. The third-order valence-electron chi connectivity index (χ3n) is 7.10. The Kier molecular flexibility index (Phi) is 7.30. The Bertz CT molecular complexity index is 757. The van der Waals surface area contributed by atoms with Crippen molar-refractivity contribution in [2.24, 2.45) is 17.6 Å². The number of rotatable bonds is 5. The minimum absolute atomic E-state index is 0. The fraction of sp³-hybridized carbons (Fsp3) is 0.652. The van der Waals surface area contributed by atoms with Crippen LogP contribution < -0.4 is 5.73 Å². The molecule has 0 spiro atoms. The number of amides is 2. The SMILES string of the molecule is CCC[C@H]1[C@H]2C[C@H](CN(C(=O)[C@@H](N)Cc3ccc(O)cc3)C2)[C@@H]2CCCC(=O)N21.Cl. The first-order valence-electron chi connectivity index (χ1n) is 11.1. The zero-order valence-electron chi connectivity index (χ0n) is 17.7. The monoisotopic (exact) mass is 435 g/mol. The standard InChI is InChI=1S/C23H33N3O3.ClH/c1-2-4-20-16-12-17(21-5-3-6-22(28)26(20)21)14-25(13-16)23(29)19(24)11-15-7-9-18(27)10-8-15;/h7-10,16-17,19-21,27H,2-6,11-14,24H2,1H3;1H/t16-,17+,19-,20-,21-;/m0./s1. The highest BCUT2D eigenvalue weighted by atomic mass is 35.5. The minimum Gasteiger partial charge on any atom is -0.508 e. The Morgan fingerprint density at radius 1 is 1.23 bits per heavy atom. The van der Waals surface area contributed by atoms with Crippen molar-refractivity contribution < 1.29 is 14.7 Å². The summed E-state index contributed by atoms with van der Waals surface area (Å²) in [5.74, 6) is 1.27. The topological polar surface area (TPSA) is 86.9 Å². The number of piperidine rings is 3. The van der Waals surface area contributed by atoms with Crippen LogP contribution in [0.3, 0.4) is 0 Å². The van der Waals surface area contributed by atoms with E-state index in [0.717, 1.165) is 37.7 Å². The van der Waals surface area contributed by atoms with Gasteiger partial charge in [-0.15, -0.1) is 12.4 Å². The summed E-state index contributed by atoms with van der Waals surface area (Å²) in [6.07, 6.45) is 6.36. The highest BCUT2D eigenvalue weighted by Gasteiger charge is 2.49. The highest BCUT2D eigenvalue weighted by Crippen LogP contribution is 2.43. The van der Waals surface area contributed by atoms with Crippen molar-refractivity contribution in [3.63, 3.8) is 0 Å². The summed E-state index contributed by atoms with van der Waals surface area (Å²) in [6, 6.07) is 6.86. The van der Waals surface area contributed by atoms with Crippen LogP contribution in [0.5, 0.6) is 5.75 Å². The Morgan fingerprint density at radius 3 is 2.63 bits per heavy atom. The Hall–Kier alpha value is -1.79. The fourth-order valence-electron chi connectivity index (χ4n) is 5.83. The molecule has 2 amide bonds. The lowest BCUT2D eigenvalue weighted by Gasteiger charge is -2.57. The molecule has 3 heterocycles. The van der Waals surface area contributed by atoms with E-state index in [1.165, 1.54) is 0 Å². The Morgan fingerprint density at radius 2 is 1.93 bits per heavy atom. The molecule has 3 N–H and O–H groups in total. The van der Waals surface area contributed by atoms with Gasteiger partial charge in [0.1, 0.15) is 5.75 Å². The molecule has 30 heavy (non-hydrogen) atoms. The summed E-state index contributed by atoms with van der Waals surface area (Å²) in [7, 11) is 0. The van der Waals surface area contributed by atoms with E-state index in [9.17, 15) is 14.7 Å². The van der Waals surface area contributed by atoms with Gasteiger partial charge in [0.2, 0.25) is 11.8 Å². The number of carbonyl (C=O) groups is 2. The number of phenols is 1. The molecular weight excluding hydrogens is 402 g/mol. The summed E-state index contributed by atoms with van der Waals surface area (Å²) in [5.41, 5.74) is 7.25. The molecular formula is C23H34ClN3O3. The number of halogens is 1. The second-order valence-electron chi connectivity index (χ2n) is 9.09. The molecule has 0 unspecified atom stereocenters. The van der Waals surface area contributed by atoms with Gasteiger partial charge in [0.15, 0.2) is 0 Å². The van der Waals surface area contributed by atoms with Crippen LogP contribution >= 0.6 is 12.4 Å². The maximum Gasteiger partial charge on any atom is 0.239 e. The van der Waals surface area contributed by atoms with Crippen LogP contribution in [-0.2, 0) is 16.0 Å². The molecule has 1 aromatic rings. The predicted octanol–water partition coefficient (Wildman–Crippen LogP) is 2.71. The highest BCUT2D eigenvalue weighted by molar-refractivity contribution is 5.85. The number of benzene rings is 1. The van der Waals surface area contributed by atoms with E-state index in [1.54, 1.807) is 12.1 Å². The quantitative estimate of drug-likeness (QED) is 0.744. The van der Waals surface area contributed by atoms with Crippen LogP contribution in [0.15, 0.2) is 24.3 Å². The molecule has 3 aliphatic heterocycles. The smallest absolute Gasteiger partial charge is 0.239 e. The van der Waals surface area contributed by atoms with Crippen LogP contribution in [0.25, 0.3) is 0 Å². The van der Waals surface area contributed by atoms with E-state index in [1.807, 2.05) is 17.0 Å². The van der Waals surface area contributed by atoms with Crippen LogP contribution in [0, 0.1) is 11.8 Å². The van der Waals surface area contributed by atoms with Gasteiger partial charge in [0, 0.05) is 31.6 Å². The van der Waals surface area contributed by atoms with E-state index in [4.69, 9.17) is 5.73 Å². The molecule has 2 bridgehead atoms. The number of aromatic hydroxyl groups is 1. The number of nitrogens with zero attached hydrogens (tertiary/aromatic N) is 2. The number of carbonyl (C=O) groups excluding carboxylic acids is 2. The van der Waals surface area contributed by atoms with E-state index in [2.05, 4.69) is 11.8 Å². The zero-order chi connectivity index (χ0) is 20.5. The molecule has 0 aliphatic carbocycles. The predicted molar refractivity (Wildman–Crippen MR) is 118 cm³/mol. The van der Waals surface area contributed by atoms with Gasteiger partial charge in [-0.05, 0) is 61.6 Å². The first-order valence-corrected chi connectivity index (χ1v) is 11.1. The molecule has 4 rings (SSSR count). The number of fused-ring (bicyclic) bond motifs is 4. The van der Waals surface area contributed by atoms with Gasteiger partial charge in [-0.1, -0.05) is 25.5 Å². The molecule has 0 saturated carbocycles. The van der Waals surface area contributed by atoms with Gasteiger partial charge in [0.05, 0.1) is 6.04 Å². The summed E-state index contributed by atoms with van der Waals surface area (Å²) in [6.45, 7) is 3.60. The van der Waals surface area contributed by atoms with E-state index in [0.29, 0.717) is 43.7 Å². The average Bonchev–Trinajstić information content (AvgIpc) is 2.72. The Labute approximate surface area is 185 Å². The minimum atomic E-state index is -0.577. The normalized spacial score (nSPS) is 29.1. The third-order valence-corrected chi connectivity index (χ3v) is 7.10. The summed E-state index contributed by atoms with van der Waals surface area (Å²) >= 11 is 0. The Balaban J connectivity index is 0.00000256. The molecule has 0 radical (unpaired) electrons. The number of likely N-dealkylation sites (tertiary alicyclic amines) is 1. The zero-order valence-corrected chi connectivity index (χ0v) is 18.5. The van der Waals surface area contributed by atoms with Crippen LogP contribution in [0.4, 0.5) is 0 Å². The van der Waals surface area contributed by atoms with Gasteiger partial charge >= 0.3 is 0 Å². The van der Waals surface area contributed by atoms with Gasteiger partial charge in [-0.25, -0.2) is 0 Å². The average molecular weight is 436 g/mol. The number of phenolic OH excluding ortho intramolecular Hbond substituents is 1. The van der Waals surface area contributed by atoms with Gasteiger partial charge in [0.25, 0.3) is 0 Å². The summed E-state index contributed by atoms with van der Waals surface area (Å²) in [5, 5.41) is 9.44. The van der Waals surface area contributed by atoms with E-state index >= 15 is 0 Å². The largest absolute Gasteiger partial charge is 0.508 e. The van der Waals surface area contributed by atoms with Crippen molar-refractivity contribution >= 4 is 24.2 Å². The first kappa shape index (κ1) is 22.9. The van der Waals surface area contributed by atoms with Crippen molar-refractivity contribution in [2.75, 3.05) is 13.1 Å². The maximum atomic E-state index is 13.2. The van der Waals surface area contributed by atoms with Crippen molar-refractivity contribution in [3.8, 4) is 5.75 Å². The van der Waals surface area contributed by atoms with E-state index in [-0.39, 0.29) is 36.1 Å². The van der Waals surface area contributed by atoms with Gasteiger partial charge < -0.3 is 20.6 Å². The second-order valence-corrected chi connectivity index (χ2v) is 9.09. The molecule has 5 atom stereocenters. The van der Waals surface area contributed by atoms with Crippen LogP contribution in [-0.4, -0.2) is 57.9 Å². The number of hydrogen-bond acceptors (Lipinski definition) is 4.